The van der Waals surface area contributed by atoms with E-state index in [1.807, 2.05) is 48.5 Å². The summed E-state index contributed by atoms with van der Waals surface area (Å²) >= 11 is 0. The molecule has 0 saturated heterocycles. The average molecular weight is 271 g/mol. The van der Waals surface area contributed by atoms with E-state index in [2.05, 4.69) is 10.3 Å². The number of guanidine groups is 1. The normalized spacial score (nSPS) is 11.0. The number of anilines is 1. The molecule has 0 heterocycles. The Balaban J connectivity index is 2.23. The van der Waals surface area contributed by atoms with Crippen molar-refractivity contribution in [1.29, 1.82) is 0 Å². The van der Waals surface area contributed by atoms with Crippen molar-refractivity contribution < 1.29 is 9.47 Å². The summed E-state index contributed by atoms with van der Waals surface area (Å²) < 4.78 is 10.5. The van der Waals surface area contributed by atoms with Gasteiger partial charge in [0.1, 0.15) is 17.2 Å². The molecule has 0 aliphatic carbocycles. The number of nitrogens with two attached hydrogens (primary N) is 1. The van der Waals surface area contributed by atoms with E-state index in [9.17, 15) is 0 Å². The van der Waals surface area contributed by atoms with Crippen molar-refractivity contribution >= 4 is 17.3 Å². The number of hydrogen-bond donors (Lipinski definition) is 2. The molecule has 20 heavy (non-hydrogen) atoms. The molecule has 0 radical (unpaired) electrons. The Labute approximate surface area is 118 Å². The highest BCUT2D eigenvalue weighted by Crippen LogP contribution is 2.27. The van der Waals surface area contributed by atoms with E-state index < -0.39 is 0 Å². The minimum absolute atomic E-state index is 0.263. The summed E-state index contributed by atoms with van der Waals surface area (Å²) in [7, 11) is 3.20. The molecule has 2 rings (SSSR count). The highest BCUT2D eigenvalue weighted by atomic mass is 16.5. The molecule has 0 atom stereocenters. The molecule has 0 amide bonds. The maximum Gasteiger partial charge on any atom is 0.198 e. The minimum atomic E-state index is 0.263. The molecular formula is C15H17N3O2. The summed E-state index contributed by atoms with van der Waals surface area (Å²) in [5.41, 5.74) is 7.33. The molecule has 0 unspecified atom stereocenters. The second-order valence-corrected chi connectivity index (χ2v) is 3.99. The summed E-state index contributed by atoms with van der Waals surface area (Å²) in [6, 6.07) is 14.9. The third-order valence-electron chi connectivity index (χ3n) is 2.70. The standard InChI is InChI=1S/C15H17N3O2/c1-19-13-9-5-3-7-11(13)17-15(16)18-12-8-4-6-10-14(12)20-2/h3-10H,1-2H3,(H3,16,17,18). The molecule has 0 fully saturated rings. The Hall–Kier alpha value is -2.69. The van der Waals surface area contributed by atoms with Gasteiger partial charge in [-0.3, -0.25) is 0 Å². The van der Waals surface area contributed by atoms with Crippen LogP contribution in [0.1, 0.15) is 0 Å². The molecule has 104 valence electrons. The van der Waals surface area contributed by atoms with Crippen LogP contribution in [-0.2, 0) is 0 Å². The van der Waals surface area contributed by atoms with Crippen molar-refractivity contribution in [2.24, 2.45) is 10.7 Å². The van der Waals surface area contributed by atoms with E-state index >= 15 is 0 Å². The van der Waals surface area contributed by atoms with Crippen LogP contribution in [0.3, 0.4) is 0 Å². The Morgan fingerprint density at radius 3 is 2.25 bits per heavy atom. The summed E-state index contributed by atoms with van der Waals surface area (Å²) in [4.78, 5) is 4.30. The molecule has 0 aliphatic heterocycles. The van der Waals surface area contributed by atoms with Gasteiger partial charge in [-0.15, -0.1) is 0 Å². The van der Waals surface area contributed by atoms with E-state index in [0.29, 0.717) is 17.2 Å². The maximum atomic E-state index is 5.91. The van der Waals surface area contributed by atoms with Crippen molar-refractivity contribution in [3.8, 4) is 11.5 Å². The summed E-state index contributed by atoms with van der Waals surface area (Å²) in [5.74, 6) is 1.63. The van der Waals surface area contributed by atoms with Gasteiger partial charge in [0.05, 0.1) is 19.9 Å². The fourth-order valence-electron chi connectivity index (χ4n) is 1.77. The first-order chi connectivity index (χ1) is 9.74. The second-order valence-electron chi connectivity index (χ2n) is 3.99. The van der Waals surface area contributed by atoms with Crippen molar-refractivity contribution in [3.05, 3.63) is 48.5 Å². The summed E-state index contributed by atoms with van der Waals surface area (Å²) in [6.07, 6.45) is 0. The molecule has 2 aromatic carbocycles. The van der Waals surface area contributed by atoms with Crippen molar-refractivity contribution in [2.75, 3.05) is 19.5 Å². The predicted octanol–water partition coefficient (Wildman–Crippen LogP) is 2.76. The third kappa shape index (κ3) is 3.20. The molecule has 0 aliphatic rings. The highest BCUT2D eigenvalue weighted by Gasteiger charge is 2.04. The largest absolute Gasteiger partial charge is 0.495 e. The van der Waals surface area contributed by atoms with Crippen molar-refractivity contribution in [1.82, 2.24) is 0 Å². The first kappa shape index (κ1) is 13.7. The zero-order chi connectivity index (χ0) is 14.4. The second kappa shape index (κ2) is 6.47. The number of para-hydroxylation sites is 4. The maximum absolute atomic E-state index is 5.91. The average Bonchev–Trinajstić information content (AvgIpc) is 2.48. The Morgan fingerprint density at radius 1 is 0.950 bits per heavy atom. The lowest BCUT2D eigenvalue weighted by atomic mass is 10.3. The van der Waals surface area contributed by atoms with Gasteiger partial charge < -0.3 is 20.5 Å². The van der Waals surface area contributed by atoms with Gasteiger partial charge in [0.2, 0.25) is 0 Å². The third-order valence-corrected chi connectivity index (χ3v) is 2.70. The molecule has 0 aromatic heterocycles. The van der Waals surface area contributed by atoms with Gasteiger partial charge in [-0.05, 0) is 24.3 Å². The zero-order valence-electron chi connectivity index (χ0n) is 11.5. The number of benzene rings is 2. The monoisotopic (exact) mass is 271 g/mol. The topological polar surface area (TPSA) is 68.9 Å². The lowest BCUT2D eigenvalue weighted by Crippen LogP contribution is -2.22. The van der Waals surface area contributed by atoms with Crippen LogP contribution in [0.5, 0.6) is 11.5 Å². The molecule has 0 spiro atoms. The molecule has 3 N–H and O–H groups in total. The number of nitrogens with zero attached hydrogens (tertiary/aromatic N) is 1. The van der Waals surface area contributed by atoms with Crippen LogP contribution in [0.25, 0.3) is 0 Å². The van der Waals surface area contributed by atoms with Crippen LogP contribution in [0.4, 0.5) is 11.4 Å². The van der Waals surface area contributed by atoms with Crippen LogP contribution < -0.4 is 20.5 Å². The van der Waals surface area contributed by atoms with Gasteiger partial charge in [-0.2, -0.15) is 0 Å². The number of rotatable bonds is 4. The smallest absolute Gasteiger partial charge is 0.198 e. The molecular weight excluding hydrogens is 254 g/mol. The lowest BCUT2D eigenvalue weighted by molar-refractivity contribution is 0.416. The van der Waals surface area contributed by atoms with E-state index in [-0.39, 0.29) is 5.96 Å². The quantitative estimate of drug-likeness (QED) is 0.662. The Kier molecular flexibility index (Phi) is 4.44. The first-order valence-corrected chi connectivity index (χ1v) is 6.12. The molecule has 5 heteroatoms. The SMILES string of the molecule is COc1ccccc1N=C(N)Nc1ccccc1OC. The number of hydrogen-bond acceptors (Lipinski definition) is 3. The number of ether oxygens (including phenoxy) is 2. The van der Waals surface area contributed by atoms with E-state index in [4.69, 9.17) is 15.2 Å². The van der Waals surface area contributed by atoms with Gasteiger partial charge in [0.15, 0.2) is 5.96 Å². The Bertz CT molecular complexity index is 612. The lowest BCUT2D eigenvalue weighted by Gasteiger charge is -2.10. The first-order valence-electron chi connectivity index (χ1n) is 6.12. The minimum Gasteiger partial charge on any atom is -0.495 e. The number of aliphatic imine (C=N–C) groups is 1. The van der Waals surface area contributed by atoms with Crippen molar-refractivity contribution in [2.45, 2.75) is 0 Å². The van der Waals surface area contributed by atoms with Gasteiger partial charge in [0, 0.05) is 0 Å². The van der Waals surface area contributed by atoms with Crippen LogP contribution in [0.2, 0.25) is 0 Å². The van der Waals surface area contributed by atoms with E-state index in [1.165, 1.54) is 0 Å². The fraction of sp³-hybridized carbons (Fsp3) is 0.133. The van der Waals surface area contributed by atoms with Crippen LogP contribution in [0, 0.1) is 0 Å². The Morgan fingerprint density at radius 2 is 1.55 bits per heavy atom. The number of nitrogens with one attached hydrogen (secondary N) is 1. The van der Waals surface area contributed by atoms with E-state index in [0.717, 1.165) is 5.69 Å². The van der Waals surface area contributed by atoms with Gasteiger partial charge >= 0.3 is 0 Å². The summed E-state index contributed by atoms with van der Waals surface area (Å²) in [6.45, 7) is 0. The van der Waals surface area contributed by atoms with Crippen molar-refractivity contribution in [3.63, 3.8) is 0 Å². The van der Waals surface area contributed by atoms with Gasteiger partial charge in [-0.1, -0.05) is 24.3 Å². The molecule has 0 saturated carbocycles. The van der Waals surface area contributed by atoms with Gasteiger partial charge in [-0.25, -0.2) is 4.99 Å². The van der Waals surface area contributed by atoms with Gasteiger partial charge in [0.25, 0.3) is 0 Å². The molecule has 0 bridgehead atoms. The highest BCUT2D eigenvalue weighted by molar-refractivity contribution is 5.95. The zero-order valence-corrected chi connectivity index (χ0v) is 11.5. The van der Waals surface area contributed by atoms with Crippen LogP contribution >= 0.6 is 0 Å². The van der Waals surface area contributed by atoms with Crippen LogP contribution in [-0.4, -0.2) is 20.2 Å². The van der Waals surface area contributed by atoms with E-state index in [1.54, 1.807) is 14.2 Å². The predicted molar refractivity (Wildman–Crippen MR) is 80.9 cm³/mol. The molecule has 5 nitrogen and oxygen atoms in total. The number of methoxy groups -OCH3 is 2. The fourth-order valence-corrected chi connectivity index (χ4v) is 1.77. The molecule has 2 aromatic rings. The summed E-state index contributed by atoms with van der Waals surface area (Å²) in [5, 5.41) is 3.01. The van der Waals surface area contributed by atoms with Crippen LogP contribution in [0.15, 0.2) is 53.5 Å².